The van der Waals surface area contributed by atoms with Crippen molar-refractivity contribution in [3.63, 3.8) is 0 Å². The summed E-state index contributed by atoms with van der Waals surface area (Å²) in [5.74, 6) is 0. The summed E-state index contributed by atoms with van der Waals surface area (Å²) in [7, 11) is -1.75. The Labute approximate surface area is 371 Å². The maximum absolute atomic E-state index is 7.25. The molecular weight excluding hydrogens is 880 g/mol. The van der Waals surface area contributed by atoms with Gasteiger partial charge < -0.3 is 0 Å². The van der Waals surface area contributed by atoms with Gasteiger partial charge in [0.2, 0.25) is 0 Å². The number of halogens is 1. The first-order valence-corrected chi connectivity index (χ1v) is 25.6. The van der Waals surface area contributed by atoms with E-state index >= 15 is 0 Å². The smallest absolute Gasteiger partial charge is 0.0620 e. The minimum Gasteiger partial charge on any atom is -0.0620 e. The fraction of sp³-hybridized carbons (Fsp3) is 0. The van der Waals surface area contributed by atoms with Gasteiger partial charge >= 0.3 is 125 Å². The monoisotopic (exact) mass is 927 g/mol. The first-order valence-electron chi connectivity index (χ1n) is 19.6. The minimum atomic E-state index is -2.41. The van der Waals surface area contributed by atoms with E-state index in [4.69, 9.17) is 11.2 Å². The Hall–Kier alpha value is -4.82. The van der Waals surface area contributed by atoms with Crippen LogP contribution in [0, 0.1) is 0 Å². The van der Waals surface area contributed by atoms with Crippen LogP contribution in [0.4, 0.5) is 0 Å². The molecule has 0 unspecified atom stereocenters. The molecule has 293 valence electrons. The van der Waals surface area contributed by atoms with Gasteiger partial charge in [-0.05, 0) is 72.8 Å². The molecule has 0 heterocycles. The van der Waals surface area contributed by atoms with Crippen molar-refractivity contribution in [2.75, 3.05) is 0 Å². The van der Waals surface area contributed by atoms with Crippen molar-refractivity contribution in [3.05, 3.63) is 273 Å². The third-order valence-corrected chi connectivity index (χ3v) is 20.7. The molecule has 0 aliphatic carbocycles. The van der Waals surface area contributed by atoms with Crippen molar-refractivity contribution in [1.82, 2.24) is 0 Å². The van der Waals surface area contributed by atoms with Gasteiger partial charge in [0.15, 0.2) is 0 Å². The van der Waals surface area contributed by atoms with Crippen LogP contribution in [0.15, 0.2) is 273 Å². The zero-order valence-corrected chi connectivity index (χ0v) is 38.1. The van der Waals surface area contributed by atoms with E-state index in [0.717, 1.165) is 0 Å². The van der Waals surface area contributed by atoms with E-state index in [1.54, 1.807) is 0 Å². The molecule has 5 heteroatoms. The Morgan fingerprint density at radius 3 is 0.508 bits per heavy atom. The SMILES string of the molecule is Cl[PH](c1ccccc1)(c1ccccc1)c1ccccc1.[Rh].c1ccc([PH+](c2ccccc2)c2ccccc2)cc1.c1ccc([PH+](c2ccccc2)c2ccccc2)cc1. The van der Waals surface area contributed by atoms with Gasteiger partial charge in [-0.15, -0.1) is 0 Å². The van der Waals surface area contributed by atoms with E-state index in [-0.39, 0.29) is 19.5 Å². The molecule has 0 aliphatic heterocycles. The molecule has 59 heavy (non-hydrogen) atoms. The Kier molecular flexibility index (Phi) is 17.1. The van der Waals surface area contributed by atoms with Gasteiger partial charge in [-0.3, -0.25) is 0 Å². The number of rotatable bonds is 9. The van der Waals surface area contributed by atoms with Crippen LogP contribution in [0.25, 0.3) is 0 Å². The maximum Gasteiger partial charge on any atom is 0.102 e. The summed E-state index contributed by atoms with van der Waals surface area (Å²) in [6.45, 7) is -2.41. The Morgan fingerprint density at radius 2 is 0.356 bits per heavy atom. The number of hydrogen-bond acceptors (Lipinski definition) is 0. The van der Waals surface area contributed by atoms with Gasteiger partial charge in [0.05, 0.1) is 15.8 Å². The van der Waals surface area contributed by atoms with E-state index in [1.165, 1.54) is 47.7 Å². The Bertz CT molecular complexity index is 2080. The molecule has 0 fully saturated rings. The van der Waals surface area contributed by atoms with Gasteiger partial charge in [0, 0.05) is 19.5 Å². The number of hydrogen-bond donors (Lipinski definition) is 0. The van der Waals surface area contributed by atoms with E-state index < -0.39 is 22.5 Å². The minimum absolute atomic E-state index is 0. The van der Waals surface area contributed by atoms with Gasteiger partial charge in [-0.2, -0.15) is 0 Å². The van der Waals surface area contributed by atoms with Crippen molar-refractivity contribution >= 4 is 81.4 Å². The standard InChI is InChI=1S/C18H16ClP.2C18H15P.Rh/c19-20(16-10-4-1-5-11-16,17-12-6-2-7-13-17)18-14-8-3-9-15-18;2*1-4-10-16(11-5-1)19(17-12-6-2-7-13-17)18-14-8-3-9-15-18;/h1-15,20H;2*1-15H;/p+2. The predicted octanol–water partition coefficient (Wildman–Crippen LogP) is 10.2. The van der Waals surface area contributed by atoms with Gasteiger partial charge in [-0.25, -0.2) is 0 Å². The summed E-state index contributed by atoms with van der Waals surface area (Å²) in [4.78, 5) is 0. The average molecular weight is 928 g/mol. The van der Waals surface area contributed by atoms with Crippen LogP contribution in [0.3, 0.4) is 0 Å². The second-order valence-corrected chi connectivity index (χ2v) is 23.4. The van der Waals surface area contributed by atoms with Gasteiger partial charge in [-0.1, -0.05) is 109 Å². The molecule has 0 bridgehead atoms. The summed E-state index contributed by atoms with van der Waals surface area (Å²) in [6.07, 6.45) is 0. The van der Waals surface area contributed by atoms with Crippen molar-refractivity contribution in [2.45, 2.75) is 0 Å². The molecule has 9 aromatic carbocycles. The molecule has 0 saturated carbocycles. The predicted molar refractivity (Wildman–Crippen MR) is 265 cm³/mol. The van der Waals surface area contributed by atoms with Crippen LogP contribution in [-0.4, -0.2) is 0 Å². The topological polar surface area (TPSA) is 0 Å². The molecule has 0 saturated heterocycles. The molecule has 0 aliphatic rings. The van der Waals surface area contributed by atoms with Crippen LogP contribution < -0.4 is 47.7 Å². The molecule has 9 rings (SSSR count). The molecule has 0 N–H and O–H groups in total. The van der Waals surface area contributed by atoms with E-state index in [9.17, 15) is 0 Å². The molecule has 0 nitrogen and oxygen atoms in total. The van der Waals surface area contributed by atoms with Crippen LogP contribution in [-0.2, 0) is 19.5 Å². The molecule has 0 spiro atoms. The third kappa shape index (κ3) is 11.7. The summed E-state index contributed by atoms with van der Waals surface area (Å²) in [6, 6.07) is 96.3. The molecule has 0 atom stereocenters. The third-order valence-electron chi connectivity index (χ3n) is 9.89. The van der Waals surface area contributed by atoms with Crippen molar-refractivity contribution in [1.29, 1.82) is 0 Å². The van der Waals surface area contributed by atoms with Crippen molar-refractivity contribution < 1.29 is 19.5 Å². The van der Waals surface area contributed by atoms with E-state index in [1.807, 2.05) is 18.2 Å². The normalized spacial score (nSPS) is 10.9. The summed E-state index contributed by atoms with van der Waals surface area (Å²) < 4.78 is 0. The molecule has 0 amide bonds. The molecule has 9 aromatic rings. The summed E-state index contributed by atoms with van der Waals surface area (Å²) in [5, 5.41) is 12.3. The first-order chi connectivity index (χ1) is 28.7. The van der Waals surface area contributed by atoms with Crippen LogP contribution in [0.2, 0.25) is 0 Å². The fourth-order valence-electron chi connectivity index (χ4n) is 7.13. The van der Waals surface area contributed by atoms with Gasteiger partial charge in [0.1, 0.15) is 31.8 Å². The maximum atomic E-state index is 7.25. The van der Waals surface area contributed by atoms with Crippen LogP contribution >= 0.6 is 33.7 Å². The first kappa shape index (κ1) is 43.8. The zero-order chi connectivity index (χ0) is 39.7. The summed E-state index contributed by atoms with van der Waals surface area (Å²) >= 11 is 7.25. The molecular formula is C54H48ClP3Rh+2. The molecule has 0 aromatic heterocycles. The second kappa shape index (κ2) is 23.1. The van der Waals surface area contributed by atoms with Crippen molar-refractivity contribution in [3.8, 4) is 0 Å². The van der Waals surface area contributed by atoms with E-state index in [0.29, 0.717) is 0 Å². The fourth-order valence-corrected chi connectivity index (χ4v) is 16.4. The zero-order valence-electron chi connectivity index (χ0n) is 32.7. The number of benzene rings is 9. The quantitative estimate of drug-likeness (QED) is 0.1000. The average Bonchev–Trinajstić information content (AvgIpc) is 3.32. The largest absolute Gasteiger partial charge is 0.102 e. The second-order valence-electron chi connectivity index (χ2n) is 13.7. The van der Waals surface area contributed by atoms with Crippen LogP contribution in [0.5, 0.6) is 0 Å². The van der Waals surface area contributed by atoms with E-state index in [2.05, 4.69) is 255 Å². The molecule has 1 radical (unpaired) electrons. The van der Waals surface area contributed by atoms with Crippen LogP contribution in [0.1, 0.15) is 0 Å². The van der Waals surface area contributed by atoms with Gasteiger partial charge in [0.25, 0.3) is 0 Å². The summed E-state index contributed by atoms with van der Waals surface area (Å²) in [5.41, 5.74) is 0. The van der Waals surface area contributed by atoms with Crippen molar-refractivity contribution in [2.24, 2.45) is 0 Å². The Balaban J connectivity index is 0.000000148. The Morgan fingerprint density at radius 1 is 0.220 bits per heavy atom.